The first-order valence-corrected chi connectivity index (χ1v) is 5.63. The highest BCUT2D eigenvalue weighted by Gasteiger charge is 2.27. The summed E-state index contributed by atoms with van der Waals surface area (Å²) in [6, 6.07) is 1.56. The largest absolute Gasteiger partial charge is 0.481 e. The van der Waals surface area contributed by atoms with E-state index in [0.29, 0.717) is 5.56 Å². The summed E-state index contributed by atoms with van der Waals surface area (Å²) in [5.74, 6) is -1.16. The van der Waals surface area contributed by atoms with Crippen LogP contribution < -0.4 is 0 Å². The van der Waals surface area contributed by atoms with Crippen molar-refractivity contribution in [2.45, 2.75) is 32.7 Å². The van der Waals surface area contributed by atoms with Crippen LogP contribution in [0.2, 0.25) is 0 Å². The Morgan fingerprint density at radius 3 is 2.44 bits per heavy atom. The average molecular weight is 251 g/mol. The zero-order valence-corrected chi connectivity index (χ0v) is 10.8. The second kappa shape index (κ2) is 5.57. The van der Waals surface area contributed by atoms with Crippen LogP contribution in [0, 0.1) is 0 Å². The zero-order chi connectivity index (χ0) is 13.8. The molecule has 0 saturated heterocycles. The van der Waals surface area contributed by atoms with Gasteiger partial charge in [0.15, 0.2) is 0 Å². The molecular weight excluding hydrogens is 234 g/mol. The first-order chi connectivity index (χ1) is 8.32. The Bertz CT molecular complexity index is 426. The number of carbonyl (C=O) groups excluding carboxylic acids is 1. The number of hydrogen-bond donors (Lipinski definition) is 1. The summed E-state index contributed by atoms with van der Waals surface area (Å²) in [5.41, 5.74) is -0.0409. The zero-order valence-electron chi connectivity index (χ0n) is 10.8. The topological polar surface area (TPSA) is 83.4 Å². The number of aromatic nitrogens is 2. The SMILES string of the molecule is CC(C)(C)N(CCC(=O)O)C(=O)c1ccnnc1. The van der Waals surface area contributed by atoms with Crippen molar-refractivity contribution in [3.63, 3.8) is 0 Å². The maximum absolute atomic E-state index is 12.3. The molecule has 1 aromatic rings. The molecule has 0 atom stereocenters. The normalized spacial score (nSPS) is 11.1. The highest BCUT2D eigenvalue weighted by Crippen LogP contribution is 2.17. The number of rotatable bonds is 4. The summed E-state index contributed by atoms with van der Waals surface area (Å²) in [5, 5.41) is 16.0. The van der Waals surface area contributed by atoms with E-state index in [1.54, 1.807) is 6.07 Å². The monoisotopic (exact) mass is 251 g/mol. The third-order valence-electron chi connectivity index (χ3n) is 2.44. The fourth-order valence-electron chi connectivity index (χ4n) is 1.52. The lowest BCUT2D eigenvalue weighted by molar-refractivity contribution is -0.137. The van der Waals surface area contributed by atoms with Crippen molar-refractivity contribution in [2.24, 2.45) is 0 Å². The first kappa shape index (κ1) is 14.1. The Balaban J connectivity index is 2.90. The number of carboxylic acid groups (broad SMARTS) is 1. The molecular formula is C12H17N3O3. The molecule has 18 heavy (non-hydrogen) atoms. The number of nitrogens with zero attached hydrogens (tertiary/aromatic N) is 3. The number of aliphatic carboxylic acids is 1. The molecule has 1 N–H and O–H groups in total. The Labute approximate surface area is 106 Å². The van der Waals surface area contributed by atoms with Crippen molar-refractivity contribution >= 4 is 11.9 Å². The van der Waals surface area contributed by atoms with Gasteiger partial charge in [-0.05, 0) is 26.8 Å². The van der Waals surface area contributed by atoms with E-state index in [4.69, 9.17) is 5.11 Å². The predicted molar refractivity (Wildman–Crippen MR) is 65.1 cm³/mol. The van der Waals surface area contributed by atoms with E-state index in [1.165, 1.54) is 17.3 Å². The van der Waals surface area contributed by atoms with Gasteiger partial charge in [-0.1, -0.05) is 0 Å². The maximum atomic E-state index is 12.3. The fraction of sp³-hybridized carbons (Fsp3) is 0.500. The number of amides is 1. The average Bonchev–Trinajstić information content (AvgIpc) is 2.28. The molecule has 0 spiro atoms. The summed E-state index contributed by atoms with van der Waals surface area (Å²) in [6.45, 7) is 5.75. The molecule has 6 nitrogen and oxygen atoms in total. The second-order valence-electron chi connectivity index (χ2n) is 4.90. The lowest BCUT2D eigenvalue weighted by Crippen LogP contribution is -2.46. The van der Waals surface area contributed by atoms with Crippen LogP contribution in [0.5, 0.6) is 0 Å². The molecule has 0 bridgehead atoms. The molecule has 1 heterocycles. The van der Waals surface area contributed by atoms with Crippen molar-refractivity contribution in [1.29, 1.82) is 0 Å². The quantitative estimate of drug-likeness (QED) is 0.869. The van der Waals surface area contributed by atoms with Crippen LogP contribution in [-0.4, -0.2) is 44.2 Å². The molecule has 0 unspecified atom stereocenters. The Kier molecular flexibility index (Phi) is 4.36. The van der Waals surface area contributed by atoms with Crippen LogP contribution in [0.1, 0.15) is 37.6 Å². The predicted octanol–water partition coefficient (Wildman–Crippen LogP) is 1.19. The van der Waals surface area contributed by atoms with Crippen molar-refractivity contribution in [1.82, 2.24) is 15.1 Å². The van der Waals surface area contributed by atoms with Gasteiger partial charge in [-0.3, -0.25) is 9.59 Å². The highest BCUT2D eigenvalue weighted by atomic mass is 16.4. The number of hydrogen-bond acceptors (Lipinski definition) is 4. The van der Waals surface area contributed by atoms with Crippen LogP contribution in [0.4, 0.5) is 0 Å². The van der Waals surface area contributed by atoms with Crippen LogP contribution >= 0.6 is 0 Å². The van der Waals surface area contributed by atoms with Gasteiger partial charge in [-0.15, -0.1) is 0 Å². The van der Waals surface area contributed by atoms with E-state index in [1.807, 2.05) is 20.8 Å². The van der Waals surface area contributed by atoms with Gasteiger partial charge in [-0.2, -0.15) is 10.2 Å². The summed E-state index contributed by atoms with van der Waals surface area (Å²) in [6.07, 6.45) is 2.73. The van der Waals surface area contributed by atoms with Crippen LogP contribution in [0.15, 0.2) is 18.5 Å². The number of carbonyl (C=O) groups is 2. The summed E-state index contributed by atoms with van der Waals surface area (Å²) in [4.78, 5) is 24.4. The van der Waals surface area contributed by atoms with Gasteiger partial charge in [0.05, 0.1) is 24.4 Å². The summed E-state index contributed by atoms with van der Waals surface area (Å²) in [7, 11) is 0. The standard InChI is InChI=1S/C12H17N3O3/c1-12(2,3)15(7-5-10(16)17)11(18)9-4-6-13-14-8-9/h4,6,8H,5,7H2,1-3H3,(H,16,17). The highest BCUT2D eigenvalue weighted by molar-refractivity contribution is 5.94. The summed E-state index contributed by atoms with van der Waals surface area (Å²) < 4.78 is 0. The third kappa shape index (κ3) is 3.80. The van der Waals surface area contributed by atoms with Gasteiger partial charge >= 0.3 is 5.97 Å². The van der Waals surface area contributed by atoms with Gasteiger partial charge < -0.3 is 10.0 Å². The van der Waals surface area contributed by atoms with E-state index in [9.17, 15) is 9.59 Å². The summed E-state index contributed by atoms with van der Waals surface area (Å²) >= 11 is 0. The first-order valence-electron chi connectivity index (χ1n) is 5.63. The van der Waals surface area contributed by atoms with E-state index >= 15 is 0 Å². The van der Waals surface area contributed by atoms with Gasteiger partial charge in [0.25, 0.3) is 5.91 Å². The Hall–Kier alpha value is -1.98. The van der Waals surface area contributed by atoms with Crippen molar-refractivity contribution < 1.29 is 14.7 Å². The molecule has 0 aliphatic heterocycles. The molecule has 1 amide bonds. The van der Waals surface area contributed by atoms with Gasteiger partial charge in [0, 0.05) is 12.1 Å². The van der Waals surface area contributed by atoms with Gasteiger partial charge in [-0.25, -0.2) is 0 Å². The minimum Gasteiger partial charge on any atom is -0.481 e. The van der Waals surface area contributed by atoms with Crippen molar-refractivity contribution in [3.05, 3.63) is 24.0 Å². The minimum atomic E-state index is -0.926. The molecule has 0 aromatic carbocycles. The molecule has 0 fully saturated rings. The van der Waals surface area contributed by atoms with Crippen molar-refractivity contribution in [2.75, 3.05) is 6.54 Å². The van der Waals surface area contributed by atoms with Crippen LogP contribution in [-0.2, 0) is 4.79 Å². The molecule has 1 rings (SSSR count). The fourth-order valence-corrected chi connectivity index (χ4v) is 1.52. The third-order valence-corrected chi connectivity index (χ3v) is 2.44. The van der Waals surface area contributed by atoms with Crippen LogP contribution in [0.3, 0.4) is 0 Å². The maximum Gasteiger partial charge on any atom is 0.305 e. The van der Waals surface area contributed by atoms with Crippen LogP contribution in [0.25, 0.3) is 0 Å². The molecule has 0 radical (unpaired) electrons. The molecule has 0 aliphatic rings. The van der Waals surface area contributed by atoms with E-state index in [2.05, 4.69) is 10.2 Å². The van der Waals surface area contributed by atoms with E-state index in [-0.39, 0.29) is 18.9 Å². The van der Waals surface area contributed by atoms with Gasteiger partial charge in [0.1, 0.15) is 0 Å². The Morgan fingerprint density at radius 2 is 2.00 bits per heavy atom. The molecule has 98 valence electrons. The molecule has 6 heteroatoms. The van der Waals surface area contributed by atoms with Crippen molar-refractivity contribution in [3.8, 4) is 0 Å². The lowest BCUT2D eigenvalue weighted by Gasteiger charge is -2.35. The smallest absolute Gasteiger partial charge is 0.305 e. The van der Waals surface area contributed by atoms with Gasteiger partial charge in [0.2, 0.25) is 0 Å². The molecule has 0 aliphatic carbocycles. The molecule has 0 saturated carbocycles. The molecule has 1 aromatic heterocycles. The lowest BCUT2D eigenvalue weighted by atomic mass is 10.0. The minimum absolute atomic E-state index is 0.0818. The number of carboxylic acids is 1. The Morgan fingerprint density at radius 1 is 1.33 bits per heavy atom. The van der Waals surface area contributed by atoms with E-state index < -0.39 is 11.5 Å². The van der Waals surface area contributed by atoms with E-state index in [0.717, 1.165) is 0 Å². The second-order valence-corrected chi connectivity index (χ2v) is 4.90.